The summed E-state index contributed by atoms with van der Waals surface area (Å²) in [5.74, 6) is 0.691. The molecule has 2 aromatic rings. The van der Waals surface area contributed by atoms with E-state index in [2.05, 4.69) is 47.9 Å². The lowest BCUT2D eigenvalue weighted by Crippen LogP contribution is -2.47. The second-order valence-electron chi connectivity index (χ2n) is 9.18. The molecule has 30 heavy (non-hydrogen) atoms. The fraction of sp³-hybridized carbons (Fsp3) is 0.600. The van der Waals surface area contributed by atoms with Crippen LogP contribution in [-0.4, -0.2) is 52.9 Å². The molecule has 0 N–H and O–H groups in total. The Morgan fingerprint density at radius 1 is 1.00 bits per heavy atom. The molecule has 5 heteroatoms. The number of piperidine rings is 1. The minimum atomic E-state index is 0.171. The number of likely N-dealkylation sites (tertiary alicyclic amines) is 2. The molecule has 3 heterocycles. The molecular formula is C25H35N3OS. The van der Waals surface area contributed by atoms with Crippen LogP contribution >= 0.6 is 11.3 Å². The van der Waals surface area contributed by atoms with Gasteiger partial charge >= 0.3 is 0 Å². The lowest BCUT2D eigenvalue weighted by Gasteiger charge is -2.38. The molecular weight excluding hydrogens is 390 g/mol. The van der Waals surface area contributed by atoms with Crippen LogP contribution in [0.2, 0.25) is 0 Å². The first kappa shape index (κ1) is 21.5. The molecule has 0 unspecified atom stereocenters. The highest BCUT2D eigenvalue weighted by Gasteiger charge is 2.29. The molecule has 0 spiro atoms. The largest absolute Gasteiger partial charge is 0.338 e. The van der Waals surface area contributed by atoms with Gasteiger partial charge in [-0.15, -0.1) is 11.3 Å². The Kier molecular flexibility index (Phi) is 6.89. The highest BCUT2D eigenvalue weighted by molar-refractivity contribution is 7.17. The number of rotatable bonds is 4. The number of hydrogen-bond donors (Lipinski definition) is 0. The molecule has 4 nitrogen and oxygen atoms in total. The van der Waals surface area contributed by atoms with Gasteiger partial charge in [0.15, 0.2) is 0 Å². The normalized spacial score (nSPS) is 19.3. The molecule has 162 valence electrons. The first-order chi connectivity index (χ1) is 14.5. The maximum atomic E-state index is 13.2. The lowest BCUT2D eigenvalue weighted by molar-refractivity contribution is 0.0626. The smallest absolute Gasteiger partial charge is 0.265 e. The van der Waals surface area contributed by atoms with Gasteiger partial charge in [0.2, 0.25) is 0 Å². The van der Waals surface area contributed by atoms with Crippen molar-refractivity contribution in [2.24, 2.45) is 0 Å². The van der Waals surface area contributed by atoms with E-state index in [0.29, 0.717) is 12.0 Å². The predicted molar refractivity (Wildman–Crippen MR) is 125 cm³/mol. The van der Waals surface area contributed by atoms with Gasteiger partial charge in [0, 0.05) is 24.7 Å². The zero-order valence-corrected chi connectivity index (χ0v) is 19.5. The maximum Gasteiger partial charge on any atom is 0.265 e. The fourth-order valence-electron chi connectivity index (χ4n) is 4.77. The molecule has 1 aromatic heterocycles. The van der Waals surface area contributed by atoms with Crippen molar-refractivity contribution in [2.45, 2.75) is 71.3 Å². The Morgan fingerprint density at radius 3 is 2.23 bits per heavy atom. The van der Waals surface area contributed by atoms with Crippen LogP contribution in [0.3, 0.4) is 0 Å². The Morgan fingerprint density at radius 2 is 1.63 bits per heavy atom. The standard InChI is InChI=1S/C25H35N3OS/c1-18(2)20-8-10-21(11-9-20)24-26-19(3)23(30-24)25(29)28-16-12-22(13-17-28)27-14-6-4-5-7-15-27/h8-11,18,22H,4-7,12-17H2,1-3H3. The SMILES string of the molecule is Cc1nc(-c2ccc(C(C)C)cc2)sc1C(=O)N1CCC(N2CCCCCC2)CC1. The Hall–Kier alpha value is -1.72. The van der Waals surface area contributed by atoms with Gasteiger partial charge in [0.05, 0.1) is 5.69 Å². The first-order valence-corrected chi connectivity index (χ1v) is 12.5. The van der Waals surface area contributed by atoms with Crippen LogP contribution in [0.15, 0.2) is 24.3 Å². The predicted octanol–water partition coefficient (Wildman–Crippen LogP) is 5.72. The number of carbonyl (C=O) groups is 1. The van der Waals surface area contributed by atoms with E-state index >= 15 is 0 Å². The number of thiazole rings is 1. The molecule has 0 atom stereocenters. The lowest BCUT2D eigenvalue weighted by atomic mass is 10.0. The third-order valence-corrected chi connectivity index (χ3v) is 7.92. The van der Waals surface area contributed by atoms with Crippen molar-refractivity contribution in [1.82, 2.24) is 14.8 Å². The summed E-state index contributed by atoms with van der Waals surface area (Å²) >= 11 is 1.55. The third-order valence-electron chi connectivity index (χ3n) is 6.72. The fourth-order valence-corrected chi connectivity index (χ4v) is 5.81. The number of aromatic nitrogens is 1. The molecule has 4 rings (SSSR count). The summed E-state index contributed by atoms with van der Waals surface area (Å²) in [5.41, 5.74) is 3.30. The van der Waals surface area contributed by atoms with Gasteiger partial charge in [-0.25, -0.2) is 4.98 Å². The van der Waals surface area contributed by atoms with Gasteiger partial charge in [-0.3, -0.25) is 4.79 Å². The van der Waals surface area contributed by atoms with E-state index in [1.807, 2.05) is 6.92 Å². The molecule has 2 aliphatic rings. The van der Waals surface area contributed by atoms with Crippen LogP contribution < -0.4 is 0 Å². The molecule has 0 radical (unpaired) electrons. The highest BCUT2D eigenvalue weighted by Crippen LogP contribution is 2.31. The van der Waals surface area contributed by atoms with Gasteiger partial charge in [-0.05, 0) is 57.2 Å². The molecule has 1 aromatic carbocycles. The van der Waals surface area contributed by atoms with Crippen molar-refractivity contribution in [3.8, 4) is 10.6 Å². The molecule has 0 bridgehead atoms. The number of hydrogen-bond acceptors (Lipinski definition) is 4. The molecule has 2 fully saturated rings. The Labute approximate surface area is 185 Å². The van der Waals surface area contributed by atoms with Crippen molar-refractivity contribution in [3.05, 3.63) is 40.4 Å². The van der Waals surface area contributed by atoms with Gasteiger partial charge < -0.3 is 9.80 Å². The van der Waals surface area contributed by atoms with Crippen LogP contribution in [0.5, 0.6) is 0 Å². The zero-order chi connectivity index (χ0) is 21.1. The van der Waals surface area contributed by atoms with Gasteiger partial charge in [0.1, 0.15) is 9.88 Å². The van der Waals surface area contributed by atoms with Crippen molar-refractivity contribution >= 4 is 17.2 Å². The quantitative estimate of drug-likeness (QED) is 0.628. The van der Waals surface area contributed by atoms with Crippen molar-refractivity contribution in [2.75, 3.05) is 26.2 Å². The van der Waals surface area contributed by atoms with Crippen molar-refractivity contribution in [1.29, 1.82) is 0 Å². The van der Waals surface area contributed by atoms with E-state index in [-0.39, 0.29) is 5.91 Å². The average molecular weight is 426 g/mol. The van der Waals surface area contributed by atoms with E-state index in [9.17, 15) is 4.79 Å². The number of amides is 1. The third kappa shape index (κ3) is 4.78. The Balaban J connectivity index is 1.40. The molecule has 2 saturated heterocycles. The second-order valence-corrected chi connectivity index (χ2v) is 10.2. The van der Waals surface area contributed by atoms with Gasteiger partial charge in [-0.1, -0.05) is 51.0 Å². The van der Waals surface area contributed by atoms with Crippen LogP contribution in [-0.2, 0) is 0 Å². The maximum absolute atomic E-state index is 13.2. The van der Waals surface area contributed by atoms with E-state index in [1.165, 1.54) is 44.3 Å². The molecule has 2 aliphatic heterocycles. The number of carbonyl (C=O) groups excluding carboxylic acids is 1. The highest BCUT2D eigenvalue weighted by atomic mass is 32.1. The van der Waals surface area contributed by atoms with Crippen molar-refractivity contribution < 1.29 is 4.79 Å². The van der Waals surface area contributed by atoms with Crippen molar-refractivity contribution in [3.63, 3.8) is 0 Å². The van der Waals surface area contributed by atoms with Crippen LogP contribution in [0.25, 0.3) is 10.6 Å². The summed E-state index contributed by atoms with van der Waals surface area (Å²) < 4.78 is 0. The minimum absolute atomic E-state index is 0.171. The van der Waals surface area contributed by atoms with Crippen LogP contribution in [0.4, 0.5) is 0 Å². The zero-order valence-electron chi connectivity index (χ0n) is 18.7. The number of benzene rings is 1. The summed E-state index contributed by atoms with van der Waals surface area (Å²) in [7, 11) is 0. The van der Waals surface area contributed by atoms with Gasteiger partial charge in [0.25, 0.3) is 5.91 Å². The van der Waals surface area contributed by atoms with Crippen LogP contribution in [0.1, 0.15) is 79.2 Å². The molecule has 0 aliphatic carbocycles. The molecule has 1 amide bonds. The summed E-state index contributed by atoms with van der Waals surface area (Å²) in [5, 5.41) is 0.950. The monoisotopic (exact) mass is 425 g/mol. The van der Waals surface area contributed by atoms with E-state index in [1.54, 1.807) is 11.3 Å². The summed E-state index contributed by atoms with van der Waals surface area (Å²) in [4.78, 5) is 23.5. The van der Waals surface area contributed by atoms with E-state index in [4.69, 9.17) is 4.98 Å². The first-order valence-electron chi connectivity index (χ1n) is 11.6. The summed E-state index contributed by atoms with van der Waals surface area (Å²) in [6.07, 6.45) is 7.63. The summed E-state index contributed by atoms with van der Waals surface area (Å²) in [6, 6.07) is 9.27. The minimum Gasteiger partial charge on any atom is -0.338 e. The number of aryl methyl sites for hydroxylation is 1. The van der Waals surface area contributed by atoms with E-state index < -0.39 is 0 Å². The number of nitrogens with zero attached hydrogens (tertiary/aromatic N) is 3. The summed E-state index contributed by atoms with van der Waals surface area (Å²) in [6.45, 7) is 10.6. The molecule has 0 saturated carbocycles. The Bertz CT molecular complexity index is 842. The average Bonchev–Trinajstić information content (AvgIpc) is 2.97. The second kappa shape index (κ2) is 9.61. The van der Waals surface area contributed by atoms with Crippen LogP contribution in [0, 0.1) is 6.92 Å². The van der Waals surface area contributed by atoms with Gasteiger partial charge in [-0.2, -0.15) is 0 Å². The van der Waals surface area contributed by atoms with E-state index in [0.717, 1.165) is 47.1 Å². The topological polar surface area (TPSA) is 36.4 Å².